The number of carbonyl (C=O) groups is 2. The van der Waals surface area contributed by atoms with Crippen molar-refractivity contribution in [3.05, 3.63) is 81.7 Å². The summed E-state index contributed by atoms with van der Waals surface area (Å²) in [7, 11) is 1.55. The molecule has 0 saturated heterocycles. The van der Waals surface area contributed by atoms with E-state index in [0.29, 0.717) is 17.0 Å². The van der Waals surface area contributed by atoms with Crippen LogP contribution in [0.3, 0.4) is 0 Å². The van der Waals surface area contributed by atoms with Crippen LogP contribution in [-0.4, -0.2) is 18.9 Å². The Balaban J connectivity index is 1.82. The zero-order chi connectivity index (χ0) is 20.5. The quantitative estimate of drug-likeness (QED) is 0.623. The second-order valence-electron chi connectivity index (χ2n) is 6.75. The van der Waals surface area contributed by atoms with E-state index in [1.54, 1.807) is 31.4 Å². The second kappa shape index (κ2) is 7.56. The summed E-state index contributed by atoms with van der Waals surface area (Å²) in [4.78, 5) is 28.7. The first-order valence-corrected chi connectivity index (χ1v) is 10.0. The molecule has 0 aliphatic carbocycles. The number of nitrogens with one attached hydrogen (secondary N) is 1. The van der Waals surface area contributed by atoms with E-state index >= 15 is 0 Å². The molecule has 2 amide bonds. The lowest BCUT2D eigenvalue weighted by atomic mass is 10.1. The molecule has 29 heavy (non-hydrogen) atoms. The predicted octanol–water partition coefficient (Wildman–Crippen LogP) is 4.77. The lowest BCUT2D eigenvalue weighted by molar-refractivity contribution is -0.120. The predicted molar refractivity (Wildman–Crippen MR) is 116 cm³/mol. The first-order chi connectivity index (χ1) is 14.0. The Bertz CT molecular complexity index is 1130. The van der Waals surface area contributed by atoms with Crippen LogP contribution in [0.15, 0.2) is 65.7 Å². The smallest absolute Gasteiger partial charge is 0.282 e. The van der Waals surface area contributed by atoms with E-state index < -0.39 is 0 Å². The van der Waals surface area contributed by atoms with Crippen molar-refractivity contribution in [3.63, 3.8) is 0 Å². The molecule has 0 fully saturated rings. The van der Waals surface area contributed by atoms with Crippen molar-refractivity contribution in [1.29, 1.82) is 0 Å². The maximum absolute atomic E-state index is 13.4. The van der Waals surface area contributed by atoms with Gasteiger partial charge in [0.1, 0.15) is 11.4 Å². The van der Waals surface area contributed by atoms with Crippen LogP contribution in [0.5, 0.6) is 5.75 Å². The van der Waals surface area contributed by atoms with Crippen LogP contribution in [-0.2, 0) is 9.59 Å². The van der Waals surface area contributed by atoms with Gasteiger partial charge < -0.3 is 10.1 Å². The van der Waals surface area contributed by atoms with E-state index in [1.807, 2.05) is 49.6 Å². The van der Waals surface area contributed by atoms with Crippen molar-refractivity contribution >= 4 is 40.1 Å². The summed E-state index contributed by atoms with van der Waals surface area (Å²) in [5.74, 6) is -0.150. The van der Waals surface area contributed by atoms with E-state index in [0.717, 1.165) is 21.7 Å². The minimum absolute atomic E-state index is 0.286. The summed E-state index contributed by atoms with van der Waals surface area (Å²) >= 11 is 1.43. The van der Waals surface area contributed by atoms with Gasteiger partial charge in [-0.1, -0.05) is 24.3 Å². The molecule has 2 heterocycles. The zero-order valence-electron chi connectivity index (χ0n) is 16.4. The van der Waals surface area contributed by atoms with Crippen LogP contribution in [0.2, 0.25) is 0 Å². The largest absolute Gasteiger partial charge is 0.497 e. The highest BCUT2D eigenvalue weighted by molar-refractivity contribution is 7.11. The van der Waals surface area contributed by atoms with Gasteiger partial charge >= 0.3 is 0 Å². The minimum atomic E-state index is -0.382. The van der Waals surface area contributed by atoms with E-state index in [-0.39, 0.29) is 17.5 Å². The Hall–Kier alpha value is -3.38. The molecule has 0 saturated carbocycles. The molecule has 146 valence electrons. The molecule has 6 heteroatoms. The molecule has 1 aliphatic heterocycles. The molecule has 1 N–H and O–H groups in total. The second-order valence-corrected chi connectivity index (χ2v) is 7.69. The van der Waals surface area contributed by atoms with Crippen molar-refractivity contribution in [3.8, 4) is 5.75 Å². The van der Waals surface area contributed by atoms with Gasteiger partial charge in [0.25, 0.3) is 11.8 Å². The van der Waals surface area contributed by atoms with Crippen LogP contribution < -0.4 is 15.0 Å². The third-order valence-corrected chi connectivity index (χ3v) is 5.91. The molecule has 3 aromatic rings. The molecular formula is C23H20N2O3S. The van der Waals surface area contributed by atoms with E-state index in [1.165, 1.54) is 16.2 Å². The standard InChI is InChI=1S/C23H20N2O3S/c1-14-7-4-10-18(15(14)2)24-21-20(19-11-6-12-29-19)22(26)25(23(21)27)16-8-5-9-17(13-16)28-3/h4-13,24H,1-3H3. The molecular weight excluding hydrogens is 384 g/mol. The highest BCUT2D eigenvalue weighted by atomic mass is 32.1. The first-order valence-electron chi connectivity index (χ1n) is 9.15. The number of aryl methyl sites for hydroxylation is 1. The number of imide groups is 1. The van der Waals surface area contributed by atoms with Crippen LogP contribution in [0.25, 0.3) is 5.57 Å². The number of thiophene rings is 1. The van der Waals surface area contributed by atoms with Crippen molar-refractivity contribution < 1.29 is 14.3 Å². The van der Waals surface area contributed by atoms with Gasteiger partial charge in [-0.3, -0.25) is 9.59 Å². The summed E-state index contributed by atoms with van der Waals surface area (Å²) in [5, 5.41) is 5.13. The summed E-state index contributed by atoms with van der Waals surface area (Å²) < 4.78 is 5.26. The average Bonchev–Trinajstić information content (AvgIpc) is 3.32. The molecule has 1 aromatic heterocycles. The molecule has 0 unspecified atom stereocenters. The fourth-order valence-corrected chi connectivity index (χ4v) is 4.07. The summed E-state index contributed by atoms with van der Waals surface area (Å²) in [5.41, 5.74) is 4.09. The van der Waals surface area contributed by atoms with Gasteiger partial charge in [-0.05, 0) is 54.6 Å². The normalized spacial score (nSPS) is 14.0. The molecule has 0 atom stereocenters. The summed E-state index contributed by atoms with van der Waals surface area (Å²) in [6.45, 7) is 4.00. The molecule has 1 aliphatic rings. The van der Waals surface area contributed by atoms with Gasteiger partial charge in [0, 0.05) is 16.6 Å². The molecule has 0 radical (unpaired) electrons. The maximum atomic E-state index is 13.4. The molecule has 0 bridgehead atoms. The van der Waals surface area contributed by atoms with E-state index in [2.05, 4.69) is 5.32 Å². The number of ether oxygens (including phenoxy) is 1. The van der Waals surface area contributed by atoms with Gasteiger partial charge in [0.2, 0.25) is 0 Å². The Labute approximate surface area is 173 Å². The van der Waals surface area contributed by atoms with Crippen LogP contribution in [0.4, 0.5) is 11.4 Å². The third kappa shape index (κ3) is 3.32. The number of methoxy groups -OCH3 is 1. The van der Waals surface area contributed by atoms with Crippen LogP contribution in [0.1, 0.15) is 16.0 Å². The fourth-order valence-electron chi connectivity index (χ4n) is 3.30. The number of nitrogens with zero attached hydrogens (tertiary/aromatic N) is 1. The topological polar surface area (TPSA) is 58.6 Å². The number of hydrogen-bond acceptors (Lipinski definition) is 5. The summed E-state index contributed by atoms with van der Waals surface area (Å²) in [6.07, 6.45) is 0. The molecule has 4 rings (SSSR count). The number of amides is 2. The van der Waals surface area contributed by atoms with E-state index in [4.69, 9.17) is 4.74 Å². The van der Waals surface area contributed by atoms with Gasteiger partial charge in [-0.15, -0.1) is 11.3 Å². The number of carbonyl (C=O) groups excluding carboxylic acids is 2. The molecule has 5 nitrogen and oxygen atoms in total. The van der Waals surface area contributed by atoms with Crippen molar-refractivity contribution in [2.45, 2.75) is 13.8 Å². The lowest BCUT2D eigenvalue weighted by Gasteiger charge is -2.16. The van der Waals surface area contributed by atoms with Gasteiger partial charge in [-0.2, -0.15) is 0 Å². The first kappa shape index (κ1) is 19.0. The van der Waals surface area contributed by atoms with Crippen LogP contribution >= 0.6 is 11.3 Å². The SMILES string of the molecule is COc1cccc(N2C(=O)C(Nc3cccc(C)c3C)=C(c3cccs3)C2=O)c1. The summed E-state index contributed by atoms with van der Waals surface area (Å²) in [6, 6.07) is 16.5. The number of hydrogen-bond donors (Lipinski definition) is 1. The Morgan fingerprint density at radius 2 is 1.76 bits per heavy atom. The Morgan fingerprint density at radius 3 is 2.48 bits per heavy atom. The van der Waals surface area contributed by atoms with Gasteiger partial charge in [0.15, 0.2) is 0 Å². The number of benzene rings is 2. The Kier molecular flexibility index (Phi) is 4.94. The van der Waals surface area contributed by atoms with Gasteiger partial charge in [0.05, 0.1) is 18.4 Å². The number of anilines is 2. The lowest BCUT2D eigenvalue weighted by Crippen LogP contribution is -2.32. The van der Waals surface area contributed by atoms with Crippen molar-refractivity contribution in [1.82, 2.24) is 0 Å². The monoisotopic (exact) mass is 404 g/mol. The van der Waals surface area contributed by atoms with Crippen LogP contribution in [0, 0.1) is 13.8 Å². The minimum Gasteiger partial charge on any atom is -0.497 e. The highest BCUT2D eigenvalue weighted by Crippen LogP contribution is 2.36. The fraction of sp³-hybridized carbons (Fsp3) is 0.130. The highest BCUT2D eigenvalue weighted by Gasteiger charge is 2.41. The molecule has 2 aromatic carbocycles. The zero-order valence-corrected chi connectivity index (χ0v) is 17.2. The van der Waals surface area contributed by atoms with Crippen molar-refractivity contribution in [2.75, 3.05) is 17.3 Å². The van der Waals surface area contributed by atoms with E-state index in [9.17, 15) is 9.59 Å². The third-order valence-electron chi connectivity index (χ3n) is 5.03. The molecule has 0 spiro atoms. The van der Waals surface area contributed by atoms with Gasteiger partial charge in [-0.25, -0.2) is 4.90 Å². The Morgan fingerprint density at radius 1 is 0.966 bits per heavy atom. The number of rotatable bonds is 5. The average molecular weight is 404 g/mol. The van der Waals surface area contributed by atoms with Crippen molar-refractivity contribution in [2.24, 2.45) is 0 Å². The maximum Gasteiger partial charge on any atom is 0.282 e.